The highest BCUT2D eigenvalue weighted by atomic mass is 35.5. The second-order valence-electron chi connectivity index (χ2n) is 4.53. The summed E-state index contributed by atoms with van der Waals surface area (Å²) in [5, 5.41) is 7.74. The van der Waals surface area contributed by atoms with Gasteiger partial charge in [-0.15, -0.1) is 16.7 Å². The number of aryl methyl sites for hydroxylation is 2. The number of pyridine rings is 1. The lowest BCUT2D eigenvalue weighted by Gasteiger charge is -2.07. The number of aromatic nitrogens is 6. The lowest BCUT2D eigenvalue weighted by atomic mass is 10.4. The van der Waals surface area contributed by atoms with Gasteiger partial charge in [0.15, 0.2) is 5.65 Å². The van der Waals surface area contributed by atoms with E-state index in [4.69, 9.17) is 16.3 Å². The molecule has 0 amide bonds. The quantitative estimate of drug-likeness (QED) is 0.650. The van der Waals surface area contributed by atoms with Crippen molar-refractivity contribution < 1.29 is 4.74 Å². The van der Waals surface area contributed by atoms with Crippen LogP contribution in [-0.4, -0.2) is 36.6 Å². The molecule has 0 aliphatic rings. The van der Waals surface area contributed by atoms with Crippen molar-refractivity contribution in [2.24, 2.45) is 0 Å². The first-order valence-corrected chi connectivity index (χ1v) is 7.15. The van der Waals surface area contributed by atoms with Gasteiger partial charge in [-0.2, -0.15) is 4.98 Å². The van der Waals surface area contributed by atoms with Gasteiger partial charge in [-0.3, -0.25) is 4.68 Å². The van der Waals surface area contributed by atoms with Crippen LogP contribution in [0.25, 0.3) is 11.2 Å². The highest BCUT2D eigenvalue weighted by Crippen LogP contribution is 2.19. The van der Waals surface area contributed by atoms with Crippen LogP contribution in [0.1, 0.15) is 12.2 Å². The molecule has 0 bridgehead atoms. The number of halogens is 1. The number of nitrogens with zero attached hydrogens (tertiary/aromatic N) is 6. The minimum atomic E-state index is 0.349. The fourth-order valence-corrected chi connectivity index (χ4v) is 2.43. The van der Waals surface area contributed by atoms with E-state index < -0.39 is 0 Å². The Balaban J connectivity index is 1.84. The number of hydrogen-bond acceptors (Lipinski definition) is 5. The maximum absolute atomic E-state index is 5.99. The number of methoxy groups -OCH3 is 1. The van der Waals surface area contributed by atoms with Crippen molar-refractivity contribution in [2.45, 2.75) is 25.4 Å². The Kier molecular flexibility index (Phi) is 4.01. The van der Waals surface area contributed by atoms with E-state index in [2.05, 4.69) is 20.3 Å². The SMILES string of the molecule is COc1ccc2nc(CCl)n(CCCn3ccnn3)c2n1. The van der Waals surface area contributed by atoms with Crippen molar-refractivity contribution in [1.82, 2.24) is 29.5 Å². The fraction of sp³-hybridized carbons (Fsp3) is 0.385. The molecule has 0 atom stereocenters. The van der Waals surface area contributed by atoms with Gasteiger partial charge >= 0.3 is 0 Å². The Morgan fingerprint density at radius 2 is 2.14 bits per heavy atom. The summed E-state index contributed by atoms with van der Waals surface area (Å²) in [7, 11) is 1.60. The van der Waals surface area contributed by atoms with Crippen molar-refractivity contribution in [3.8, 4) is 5.88 Å². The summed E-state index contributed by atoms with van der Waals surface area (Å²) in [5.41, 5.74) is 1.62. The summed E-state index contributed by atoms with van der Waals surface area (Å²) in [6.45, 7) is 1.55. The van der Waals surface area contributed by atoms with E-state index in [-0.39, 0.29) is 0 Å². The average Bonchev–Trinajstić information content (AvgIpc) is 3.14. The Bertz CT molecular complexity index is 724. The van der Waals surface area contributed by atoms with E-state index in [1.54, 1.807) is 24.1 Å². The third kappa shape index (κ3) is 2.82. The van der Waals surface area contributed by atoms with Gasteiger partial charge < -0.3 is 9.30 Å². The van der Waals surface area contributed by atoms with Crippen molar-refractivity contribution >= 4 is 22.8 Å². The summed E-state index contributed by atoms with van der Waals surface area (Å²) in [4.78, 5) is 8.96. The Morgan fingerprint density at radius 1 is 1.24 bits per heavy atom. The summed E-state index contributed by atoms with van der Waals surface area (Å²) in [5.74, 6) is 1.73. The zero-order valence-electron chi connectivity index (χ0n) is 11.6. The van der Waals surface area contributed by atoms with Crippen molar-refractivity contribution in [1.29, 1.82) is 0 Å². The van der Waals surface area contributed by atoms with Crippen LogP contribution in [0.5, 0.6) is 5.88 Å². The van der Waals surface area contributed by atoms with Crippen LogP contribution in [0.2, 0.25) is 0 Å². The van der Waals surface area contributed by atoms with Gasteiger partial charge in [0.05, 0.1) is 19.2 Å². The van der Waals surface area contributed by atoms with Crippen LogP contribution in [-0.2, 0) is 19.0 Å². The van der Waals surface area contributed by atoms with Crippen LogP contribution in [0.15, 0.2) is 24.5 Å². The van der Waals surface area contributed by atoms with Gasteiger partial charge in [0.1, 0.15) is 11.3 Å². The van der Waals surface area contributed by atoms with E-state index in [0.717, 1.165) is 36.5 Å². The molecule has 0 N–H and O–H groups in total. The molecule has 0 aromatic carbocycles. The van der Waals surface area contributed by atoms with Gasteiger partial charge in [-0.05, 0) is 12.5 Å². The molecular formula is C13H15ClN6O. The van der Waals surface area contributed by atoms with Gasteiger partial charge in [0.2, 0.25) is 5.88 Å². The Morgan fingerprint density at radius 3 is 2.86 bits per heavy atom. The van der Waals surface area contributed by atoms with Crippen LogP contribution in [0.4, 0.5) is 0 Å². The summed E-state index contributed by atoms with van der Waals surface area (Å²) < 4.78 is 9.00. The largest absolute Gasteiger partial charge is 0.481 e. The zero-order valence-corrected chi connectivity index (χ0v) is 12.4. The molecule has 110 valence electrons. The maximum Gasteiger partial charge on any atom is 0.215 e. The number of ether oxygens (including phenoxy) is 1. The highest BCUT2D eigenvalue weighted by Gasteiger charge is 2.12. The van der Waals surface area contributed by atoms with Gasteiger partial charge in [-0.25, -0.2) is 4.98 Å². The second kappa shape index (κ2) is 6.09. The van der Waals surface area contributed by atoms with Crippen molar-refractivity contribution in [2.75, 3.05) is 7.11 Å². The topological polar surface area (TPSA) is 70.7 Å². The Hall–Kier alpha value is -2.15. The maximum atomic E-state index is 5.99. The number of imidazole rings is 1. The molecule has 3 heterocycles. The fourth-order valence-electron chi connectivity index (χ4n) is 2.22. The average molecular weight is 307 g/mol. The molecule has 0 unspecified atom stereocenters. The predicted octanol–water partition coefficient (Wildman–Crippen LogP) is 1.86. The van der Waals surface area contributed by atoms with Gasteiger partial charge in [-0.1, -0.05) is 5.21 Å². The first-order chi connectivity index (χ1) is 10.3. The number of alkyl halides is 1. The predicted molar refractivity (Wildman–Crippen MR) is 78.3 cm³/mol. The molecule has 3 aromatic heterocycles. The molecule has 7 nitrogen and oxygen atoms in total. The van der Waals surface area contributed by atoms with Gasteiger partial charge in [0, 0.05) is 25.4 Å². The smallest absolute Gasteiger partial charge is 0.215 e. The first kappa shape index (κ1) is 13.8. The summed E-state index contributed by atoms with van der Waals surface area (Å²) >= 11 is 5.99. The van der Waals surface area contributed by atoms with Crippen LogP contribution in [0, 0.1) is 0 Å². The van der Waals surface area contributed by atoms with E-state index in [1.165, 1.54) is 0 Å². The van der Waals surface area contributed by atoms with E-state index in [1.807, 2.05) is 16.8 Å². The molecule has 21 heavy (non-hydrogen) atoms. The van der Waals surface area contributed by atoms with Crippen LogP contribution in [0.3, 0.4) is 0 Å². The molecule has 0 saturated carbocycles. The number of hydrogen-bond donors (Lipinski definition) is 0. The molecule has 3 aromatic rings. The second-order valence-corrected chi connectivity index (χ2v) is 4.80. The molecule has 0 saturated heterocycles. The molecule has 0 radical (unpaired) electrons. The zero-order chi connectivity index (χ0) is 14.7. The molecule has 0 fully saturated rings. The normalized spacial score (nSPS) is 11.1. The van der Waals surface area contributed by atoms with Crippen LogP contribution >= 0.6 is 11.6 Å². The summed E-state index contributed by atoms with van der Waals surface area (Å²) in [6.07, 6.45) is 4.40. The Labute approximate surface area is 126 Å². The number of rotatable bonds is 6. The molecular weight excluding hydrogens is 292 g/mol. The minimum Gasteiger partial charge on any atom is -0.481 e. The van der Waals surface area contributed by atoms with E-state index in [9.17, 15) is 0 Å². The lowest BCUT2D eigenvalue weighted by molar-refractivity contribution is 0.398. The molecule has 8 heteroatoms. The highest BCUT2D eigenvalue weighted by molar-refractivity contribution is 6.16. The third-order valence-corrected chi connectivity index (χ3v) is 3.45. The standard InChI is InChI=1S/C13H15ClN6O/c1-21-12-4-3-10-13(17-12)20(11(9-14)16-10)7-2-6-19-8-5-15-18-19/h3-5,8H,2,6-7,9H2,1H3. The van der Waals surface area contributed by atoms with E-state index >= 15 is 0 Å². The summed E-state index contributed by atoms with van der Waals surface area (Å²) in [6, 6.07) is 3.69. The molecule has 0 spiro atoms. The number of fused-ring (bicyclic) bond motifs is 1. The van der Waals surface area contributed by atoms with Crippen molar-refractivity contribution in [3.63, 3.8) is 0 Å². The molecule has 3 rings (SSSR count). The molecule has 0 aliphatic carbocycles. The molecule has 0 aliphatic heterocycles. The first-order valence-electron chi connectivity index (χ1n) is 6.62. The minimum absolute atomic E-state index is 0.349. The van der Waals surface area contributed by atoms with Gasteiger partial charge in [0.25, 0.3) is 0 Å². The van der Waals surface area contributed by atoms with E-state index in [0.29, 0.717) is 11.8 Å². The monoisotopic (exact) mass is 306 g/mol. The van der Waals surface area contributed by atoms with Crippen LogP contribution < -0.4 is 4.74 Å². The third-order valence-electron chi connectivity index (χ3n) is 3.22. The lowest BCUT2D eigenvalue weighted by Crippen LogP contribution is -2.08. The van der Waals surface area contributed by atoms with Crippen molar-refractivity contribution in [3.05, 3.63) is 30.4 Å².